The van der Waals surface area contributed by atoms with Crippen LogP contribution in [0.25, 0.3) is 6.08 Å². The van der Waals surface area contributed by atoms with Crippen molar-refractivity contribution in [1.29, 1.82) is 5.26 Å². The van der Waals surface area contributed by atoms with Gasteiger partial charge in [0.1, 0.15) is 12.1 Å². The molecule has 16 heavy (non-hydrogen) atoms. The predicted molar refractivity (Wildman–Crippen MR) is 57.3 cm³/mol. The number of aldehydes is 1. The zero-order valence-electron chi connectivity index (χ0n) is 8.08. The number of nitrogens with zero attached hydrogens (tertiary/aromatic N) is 1. The summed E-state index contributed by atoms with van der Waals surface area (Å²) < 4.78 is 13.6. The first-order valence-corrected chi connectivity index (χ1v) is 4.66. The zero-order chi connectivity index (χ0) is 12.1. The molecule has 0 saturated heterocycles. The molecular weight excluding hydrogens is 233 g/mol. The Morgan fingerprint density at radius 3 is 2.81 bits per heavy atom. The van der Waals surface area contributed by atoms with E-state index in [1.165, 1.54) is 12.1 Å². The van der Waals surface area contributed by atoms with E-state index in [2.05, 4.69) is 0 Å². The van der Waals surface area contributed by atoms with Crippen molar-refractivity contribution in [3.8, 4) is 6.07 Å². The minimum Gasteiger partial charge on any atom is -0.392 e. The van der Waals surface area contributed by atoms with Crippen LogP contribution in [0.2, 0.25) is 5.02 Å². The number of benzene rings is 1. The molecule has 1 rings (SSSR count). The van der Waals surface area contributed by atoms with E-state index in [-0.39, 0.29) is 21.7 Å². The number of carbonyl (C=O) groups excluding carboxylic acids is 1. The maximum absolute atomic E-state index is 13.6. The number of hydrogen-bond donors (Lipinski definition) is 1. The molecule has 0 spiro atoms. The average molecular weight is 240 g/mol. The Balaban J connectivity index is 3.42. The molecule has 0 bridgehead atoms. The van der Waals surface area contributed by atoms with Gasteiger partial charge in [-0.15, -0.1) is 0 Å². The summed E-state index contributed by atoms with van der Waals surface area (Å²) in [5.74, 6) is -0.784. The van der Waals surface area contributed by atoms with Crippen molar-refractivity contribution in [2.75, 3.05) is 6.61 Å². The largest absolute Gasteiger partial charge is 0.392 e. The summed E-state index contributed by atoms with van der Waals surface area (Å²) in [4.78, 5) is 10.5. The van der Waals surface area contributed by atoms with Crippen LogP contribution >= 0.6 is 11.6 Å². The van der Waals surface area contributed by atoms with Crippen LogP contribution in [0.15, 0.2) is 17.7 Å². The van der Waals surface area contributed by atoms with Crippen molar-refractivity contribution in [1.82, 2.24) is 0 Å². The normalized spacial score (nSPS) is 11.0. The van der Waals surface area contributed by atoms with Gasteiger partial charge in [0.05, 0.1) is 23.3 Å². The fraction of sp³-hybridized carbons (Fsp3) is 0.0909. The Labute approximate surface area is 96.4 Å². The second-order valence-electron chi connectivity index (χ2n) is 2.93. The molecular formula is C11H7ClFNO2. The van der Waals surface area contributed by atoms with Gasteiger partial charge in [-0.25, -0.2) is 4.39 Å². The zero-order valence-corrected chi connectivity index (χ0v) is 8.83. The lowest BCUT2D eigenvalue weighted by atomic mass is 10.1. The highest BCUT2D eigenvalue weighted by atomic mass is 35.5. The minimum absolute atomic E-state index is 0.0299. The van der Waals surface area contributed by atoms with E-state index in [4.69, 9.17) is 22.0 Å². The van der Waals surface area contributed by atoms with Gasteiger partial charge in [0.15, 0.2) is 0 Å². The van der Waals surface area contributed by atoms with E-state index >= 15 is 0 Å². The summed E-state index contributed by atoms with van der Waals surface area (Å²) in [6, 6.07) is 4.38. The molecule has 82 valence electrons. The molecule has 1 aromatic rings. The fourth-order valence-corrected chi connectivity index (χ4v) is 1.27. The van der Waals surface area contributed by atoms with Gasteiger partial charge in [0, 0.05) is 11.1 Å². The van der Waals surface area contributed by atoms with E-state index in [0.717, 1.165) is 6.08 Å². The number of rotatable bonds is 3. The number of aliphatic hydroxyl groups excluding tert-OH is 1. The highest BCUT2D eigenvalue weighted by Gasteiger charge is 2.10. The topological polar surface area (TPSA) is 61.1 Å². The lowest BCUT2D eigenvalue weighted by Crippen LogP contribution is -1.95. The van der Waals surface area contributed by atoms with Crippen LogP contribution in [0.3, 0.4) is 0 Å². The van der Waals surface area contributed by atoms with Crippen LogP contribution in [0.4, 0.5) is 4.39 Å². The highest BCUT2D eigenvalue weighted by Crippen LogP contribution is 2.23. The lowest BCUT2D eigenvalue weighted by Gasteiger charge is -2.03. The Morgan fingerprint density at radius 1 is 1.62 bits per heavy atom. The van der Waals surface area contributed by atoms with Gasteiger partial charge in [0.25, 0.3) is 0 Å². The lowest BCUT2D eigenvalue weighted by molar-refractivity contribution is -0.105. The maximum atomic E-state index is 13.6. The SMILES string of the molecule is N#Cc1ccc(Cl)c(F)c1C=C(C=O)CO. The van der Waals surface area contributed by atoms with Crippen molar-refractivity contribution < 1.29 is 14.3 Å². The van der Waals surface area contributed by atoms with Crippen molar-refractivity contribution in [3.63, 3.8) is 0 Å². The molecule has 0 aliphatic rings. The Morgan fingerprint density at radius 2 is 2.31 bits per heavy atom. The molecule has 0 unspecified atom stereocenters. The molecule has 0 aliphatic heterocycles. The molecule has 1 aromatic carbocycles. The van der Waals surface area contributed by atoms with Gasteiger partial charge in [-0.1, -0.05) is 11.6 Å². The van der Waals surface area contributed by atoms with Gasteiger partial charge in [-0.05, 0) is 18.2 Å². The third-order valence-electron chi connectivity index (χ3n) is 1.92. The standard InChI is InChI=1S/C11H7ClFNO2/c12-10-2-1-8(4-14)9(11(10)13)3-7(5-15)6-16/h1-3,5,16H,6H2. The van der Waals surface area contributed by atoms with Crippen molar-refractivity contribution >= 4 is 24.0 Å². The first-order chi connectivity index (χ1) is 7.63. The molecule has 0 aromatic heterocycles. The number of halogens is 2. The molecule has 5 heteroatoms. The maximum Gasteiger partial charge on any atom is 0.150 e. The number of nitriles is 1. The molecule has 0 atom stereocenters. The highest BCUT2D eigenvalue weighted by molar-refractivity contribution is 6.31. The molecule has 0 heterocycles. The van der Waals surface area contributed by atoms with E-state index in [1.54, 1.807) is 6.07 Å². The van der Waals surface area contributed by atoms with Crippen LogP contribution in [-0.4, -0.2) is 18.0 Å². The van der Waals surface area contributed by atoms with E-state index in [0.29, 0.717) is 6.29 Å². The van der Waals surface area contributed by atoms with Crippen LogP contribution < -0.4 is 0 Å². The molecule has 0 amide bonds. The van der Waals surface area contributed by atoms with Gasteiger partial charge < -0.3 is 5.11 Å². The van der Waals surface area contributed by atoms with Crippen LogP contribution in [0.1, 0.15) is 11.1 Å². The predicted octanol–water partition coefficient (Wildman–Crippen LogP) is 1.93. The minimum atomic E-state index is -0.784. The first-order valence-electron chi connectivity index (χ1n) is 4.28. The molecule has 3 nitrogen and oxygen atoms in total. The fourth-order valence-electron chi connectivity index (χ4n) is 1.11. The van der Waals surface area contributed by atoms with Crippen LogP contribution in [-0.2, 0) is 4.79 Å². The summed E-state index contributed by atoms with van der Waals surface area (Å²) in [5, 5.41) is 17.4. The Bertz CT molecular complexity index is 491. The number of carbonyl (C=O) groups is 1. The van der Waals surface area contributed by atoms with Crippen LogP contribution in [0, 0.1) is 17.1 Å². The molecule has 0 fully saturated rings. The molecule has 0 aliphatic carbocycles. The smallest absolute Gasteiger partial charge is 0.150 e. The Hall–Kier alpha value is -1.70. The van der Waals surface area contributed by atoms with Crippen molar-refractivity contribution in [3.05, 3.63) is 39.7 Å². The van der Waals surface area contributed by atoms with Crippen LogP contribution in [0.5, 0.6) is 0 Å². The summed E-state index contributed by atoms with van der Waals surface area (Å²) in [5.41, 5.74) is -0.0708. The monoisotopic (exact) mass is 239 g/mol. The van der Waals surface area contributed by atoms with E-state index in [1.807, 2.05) is 0 Å². The second-order valence-corrected chi connectivity index (χ2v) is 3.34. The van der Waals surface area contributed by atoms with E-state index < -0.39 is 12.4 Å². The van der Waals surface area contributed by atoms with Gasteiger partial charge in [-0.2, -0.15) is 5.26 Å². The molecule has 0 saturated carbocycles. The summed E-state index contributed by atoms with van der Waals surface area (Å²) in [6.07, 6.45) is 1.49. The van der Waals surface area contributed by atoms with Crippen molar-refractivity contribution in [2.24, 2.45) is 0 Å². The average Bonchev–Trinajstić information content (AvgIpc) is 2.31. The van der Waals surface area contributed by atoms with E-state index in [9.17, 15) is 9.18 Å². The molecule has 0 radical (unpaired) electrons. The van der Waals surface area contributed by atoms with Crippen molar-refractivity contribution in [2.45, 2.75) is 0 Å². The third kappa shape index (κ3) is 2.45. The van der Waals surface area contributed by atoms with Gasteiger partial charge >= 0.3 is 0 Å². The van der Waals surface area contributed by atoms with Gasteiger partial charge in [-0.3, -0.25) is 4.79 Å². The quantitative estimate of drug-likeness (QED) is 0.648. The first kappa shape index (κ1) is 12.4. The second kappa shape index (κ2) is 5.40. The summed E-state index contributed by atoms with van der Waals surface area (Å²) in [7, 11) is 0. The summed E-state index contributed by atoms with van der Waals surface area (Å²) in [6.45, 7) is -0.527. The molecule has 1 N–H and O–H groups in total. The number of hydrogen-bond acceptors (Lipinski definition) is 3. The number of aliphatic hydroxyl groups is 1. The van der Waals surface area contributed by atoms with Gasteiger partial charge in [0.2, 0.25) is 0 Å². The third-order valence-corrected chi connectivity index (χ3v) is 2.21. The Kier molecular flexibility index (Phi) is 4.18. The summed E-state index contributed by atoms with van der Waals surface area (Å²) >= 11 is 5.55.